The van der Waals surface area contributed by atoms with E-state index in [2.05, 4.69) is 37.8 Å². The third-order valence-corrected chi connectivity index (χ3v) is 6.83. The molecule has 1 aliphatic heterocycles. The van der Waals surface area contributed by atoms with Crippen LogP contribution in [0.5, 0.6) is 0 Å². The number of amides is 1. The molecule has 1 aromatic heterocycles. The second-order valence-electron chi connectivity index (χ2n) is 9.61. The molecule has 0 radical (unpaired) electrons. The third kappa shape index (κ3) is 4.87. The maximum atomic E-state index is 13.2. The van der Waals surface area contributed by atoms with E-state index in [0.29, 0.717) is 19.0 Å². The standard InChI is InChI=1S/C31H32N4O/c1-22(2)28-23(3)32-29(26-12-8-5-9-13-26)33-30(28)34-18-20-35(21-19-34)31(36)27-16-14-25(15-17-27)24-10-6-4-7-11-24/h4-17,22H,18-21H2,1-3H3. The number of anilines is 1. The first-order valence-corrected chi connectivity index (χ1v) is 12.6. The molecule has 36 heavy (non-hydrogen) atoms. The number of aromatic nitrogens is 2. The summed E-state index contributed by atoms with van der Waals surface area (Å²) in [5, 5.41) is 0. The van der Waals surface area contributed by atoms with E-state index in [4.69, 9.17) is 9.97 Å². The summed E-state index contributed by atoms with van der Waals surface area (Å²) in [6, 6.07) is 28.3. The summed E-state index contributed by atoms with van der Waals surface area (Å²) < 4.78 is 0. The van der Waals surface area contributed by atoms with Gasteiger partial charge in [-0.3, -0.25) is 4.79 Å². The number of carbonyl (C=O) groups is 1. The van der Waals surface area contributed by atoms with Crippen LogP contribution in [0, 0.1) is 6.92 Å². The summed E-state index contributed by atoms with van der Waals surface area (Å²) in [6.07, 6.45) is 0. The molecule has 4 aromatic rings. The average molecular weight is 477 g/mol. The number of benzene rings is 3. The zero-order valence-electron chi connectivity index (χ0n) is 21.2. The average Bonchev–Trinajstić information content (AvgIpc) is 2.93. The number of nitrogens with zero attached hydrogens (tertiary/aromatic N) is 4. The lowest BCUT2D eigenvalue weighted by molar-refractivity contribution is 0.0746. The second-order valence-corrected chi connectivity index (χ2v) is 9.61. The highest BCUT2D eigenvalue weighted by molar-refractivity contribution is 5.95. The lowest BCUT2D eigenvalue weighted by Crippen LogP contribution is -2.49. The summed E-state index contributed by atoms with van der Waals surface area (Å²) in [7, 11) is 0. The molecule has 0 atom stereocenters. The topological polar surface area (TPSA) is 49.3 Å². The van der Waals surface area contributed by atoms with Crippen molar-refractivity contribution in [1.29, 1.82) is 0 Å². The lowest BCUT2D eigenvalue weighted by Gasteiger charge is -2.37. The van der Waals surface area contributed by atoms with E-state index in [1.54, 1.807) is 0 Å². The Hall–Kier alpha value is -3.99. The van der Waals surface area contributed by atoms with E-state index in [-0.39, 0.29) is 5.91 Å². The maximum Gasteiger partial charge on any atom is 0.253 e. The molecule has 3 aromatic carbocycles. The molecule has 182 valence electrons. The third-order valence-electron chi connectivity index (χ3n) is 6.83. The Labute approximate surface area is 213 Å². The molecule has 5 nitrogen and oxygen atoms in total. The minimum Gasteiger partial charge on any atom is -0.353 e. The molecular weight excluding hydrogens is 444 g/mol. The van der Waals surface area contributed by atoms with Crippen molar-refractivity contribution in [2.24, 2.45) is 0 Å². The molecule has 0 unspecified atom stereocenters. The van der Waals surface area contributed by atoms with Crippen LogP contribution in [0.4, 0.5) is 5.82 Å². The van der Waals surface area contributed by atoms with E-state index >= 15 is 0 Å². The second kappa shape index (κ2) is 10.3. The summed E-state index contributed by atoms with van der Waals surface area (Å²) in [5.41, 5.74) is 6.23. The van der Waals surface area contributed by atoms with E-state index in [1.807, 2.05) is 77.7 Å². The molecule has 2 heterocycles. The highest BCUT2D eigenvalue weighted by Gasteiger charge is 2.26. The molecule has 5 heteroatoms. The van der Waals surface area contributed by atoms with Gasteiger partial charge in [-0.15, -0.1) is 0 Å². The Balaban J connectivity index is 1.32. The predicted octanol–water partition coefficient (Wildman–Crippen LogP) is 6.20. The van der Waals surface area contributed by atoms with Gasteiger partial charge in [0.15, 0.2) is 5.82 Å². The first-order chi connectivity index (χ1) is 17.5. The van der Waals surface area contributed by atoms with Gasteiger partial charge < -0.3 is 9.80 Å². The molecular formula is C31H32N4O. The van der Waals surface area contributed by atoms with E-state index in [0.717, 1.165) is 52.7 Å². The zero-order chi connectivity index (χ0) is 25.1. The van der Waals surface area contributed by atoms with Crippen molar-refractivity contribution in [3.05, 3.63) is 102 Å². The number of hydrogen-bond acceptors (Lipinski definition) is 4. The first kappa shape index (κ1) is 23.7. The fourth-order valence-corrected chi connectivity index (χ4v) is 4.94. The van der Waals surface area contributed by atoms with Crippen LogP contribution in [0.25, 0.3) is 22.5 Å². The van der Waals surface area contributed by atoms with Gasteiger partial charge in [0.05, 0.1) is 0 Å². The van der Waals surface area contributed by atoms with Gasteiger partial charge in [-0.05, 0) is 36.1 Å². The number of carbonyl (C=O) groups excluding carboxylic acids is 1. The summed E-state index contributed by atoms with van der Waals surface area (Å²) in [4.78, 5) is 27.4. The van der Waals surface area contributed by atoms with Crippen molar-refractivity contribution in [2.75, 3.05) is 31.1 Å². The largest absolute Gasteiger partial charge is 0.353 e. The summed E-state index contributed by atoms with van der Waals surface area (Å²) in [5.74, 6) is 2.15. The Bertz CT molecular complexity index is 1330. The highest BCUT2D eigenvalue weighted by atomic mass is 16.2. The molecule has 0 N–H and O–H groups in total. The normalized spacial score (nSPS) is 13.8. The number of aryl methyl sites for hydroxylation is 1. The quantitative estimate of drug-likeness (QED) is 0.344. The van der Waals surface area contributed by atoms with Crippen LogP contribution in [-0.2, 0) is 0 Å². The first-order valence-electron chi connectivity index (χ1n) is 12.6. The molecule has 1 fully saturated rings. The molecule has 1 aliphatic rings. The monoisotopic (exact) mass is 476 g/mol. The van der Waals surface area contributed by atoms with E-state index < -0.39 is 0 Å². The van der Waals surface area contributed by atoms with Gasteiger partial charge in [0, 0.05) is 48.6 Å². The van der Waals surface area contributed by atoms with Crippen LogP contribution in [-0.4, -0.2) is 47.0 Å². The number of piperazine rings is 1. The van der Waals surface area contributed by atoms with Gasteiger partial charge in [-0.2, -0.15) is 0 Å². The van der Waals surface area contributed by atoms with Crippen LogP contribution in [0.2, 0.25) is 0 Å². The van der Waals surface area contributed by atoms with Crippen molar-refractivity contribution >= 4 is 11.7 Å². The fourth-order valence-electron chi connectivity index (χ4n) is 4.94. The van der Waals surface area contributed by atoms with Crippen molar-refractivity contribution in [3.63, 3.8) is 0 Å². The van der Waals surface area contributed by atoms with E-state index in [9.17, 15) is 4.79 Å². The maximum absolute atomic E-state index is 13.2. The SMILES string of the molecule is Cc1nc(-c2ccccc2)nc(N2CCN(C(=O)c3ccc(-c4ccccc4)cc3)CC2)c1C(C)C. The van der Waals surface area contributed by atoms with Gasteiger partial charge >= 0.3 is 0 Å². The van der Waals surface area contributed by atoms with Crippen molar-refractivity contribution in [3.8, 4) is 22.5 Å². The minimum atomic E-state index is 0.0854. The molecule has 1 saturated heterocycles. The van der Waals surface area contributed by atoms with Crippen LogP contribution in [0.15, 0.2) is 84.9 Å². The Kier molecular flexibility index (Phi) is 6.81. The van der Waals surface area contributed by atoms with Gasteiger partial charge in [0.2, 0.25) is 0 Å². The molecule has 0 bridgehead atoms. The van der Waals surface area contributed by atoms with Crippen LogP contribution in [0.3, 0.4) is 0 Å². The summed E-state index contributed by atoms with van der Waals surface area (Å²) >= 11 is 0. The Morgan fingerprint density at radius 3 is 1.86 bits per heavy atom. The van der Waals surface area contributed by atoms with Gasteiger partial charge in [0.25, 0.3) is 5.91 Å². The van der Waals surface area contributed by atoms with Crippen LogP contribution in [0.1, 0.15) is 41.4 Å². The predicted molar refractivity (Wildman–Crippen MR) is 146 cm³/mol. The van der Waals surface area contributed by atoms with Crippen molar-refractivity contribution < 1.29 is 4.79 Å². The van der Waals surface area contributed by atoms with Crippen LogP contribution >= 0.6 is 0 Å². The number of hydrogen-bond donors (Lipinski definition) is 0. The molecule has 1 amide bonds. The Morgan fingerprint density at radius 2 is 1.28 bits per heavy atom. The van der Waals surface area contributed by atoms with Gasteiger partial charge in [0.1, 0.15) is 5.82 Å². The lowest BCUT2D eigenvalue weighted by atomic mass is 10.0. The smallest absolute Gasteiger partial charge is 0.253 e. The van der Waals surface area contributed by atoms with Crippen molar-refractivity contribution in [1.82, 2.24) is 14.9 Å². The van der Waals surface area contributed by atoms with Gasteiger partial charge in [-0.25, -0.2) is 9.97 Å². The van der Waals surface area contributed by atoms with Crippen molar-refractivity contribution in [2.45, 2.75) is 26.7 Å². The molecule has 0 aliphatic carbocycles. The molecule has 0 spiro atoms. The van der Waals surface area contributed by atoms with Crippen LogP contribution < -0.4 is 4.90 Å². The minimum absolute atomic E-state index is 0.0854. The summed E-state index contributed by atoms with van der Waals surface area (Å²) in [6.45, 7) is 9.29. The van der Waals surface area contributed by atoms with Gasteiger partial charge in [-0.1, -0.05) is 86.6 Å². The zero-order valence-corrected chi connectivity index (χ0v) is 21.2. The number of rotatable bonds is 5. The molecule has 5 rings (SSSR count). The highest BCUT2D eigenvalue weighted by Crippen LogP contribution is 2.31. The molecule has 0 saturated carbocycles. The fraction of sp³-hybridized carbons (Fsp3) is 0.258. The Morgan fingerprint density at radius 1 is 0.722 bits per heavy atom. The van der Waals surface area contributed by atoms with E-state index in [1.165, 1.54) is 5.56 Å².